The summed E-state index contributed by atoms with van der Waals surface area (Å²) in [5.74, 6) is 0. The number of rotatable bonds is 4. The Morgan fingerprint density at radius 2 is 0.667 bits per heavy atom. The molecule has 0 aliphatic heterocycles. The van der Waals surface area contributed by atoms with E-state index in [4.69, 9.17) is 0 Å². The van der Waals surface area contributed by atoms with E-state index in [0.29, 0.717) is 0 Å². The van der Waals surface area contributed by atoms with E-state index in [0.717, 1.165) is 0 Å². The van der Waals surface area contributed by atoms with Crippen molar-refractivity contribution in [2.75, 3.05) is 0 Å². The Kier molecular flexibility index (Phi) is 7.59. The standard InChI is InChI=1S/C58H34SSe/c1-2-17-35(18-3-1)52-36-19-4-6-21-38(36)54(39-22-7-5-20-37(39)52)46-29-16-34-51-57(46)48-31-14-30-47(58(48)60-51)55-42-25-10-8-23-40(42)53(41-24-9-11-26-43(41)55)45-28-15-33-50-56(45)44-27-12-13-32-49(44)59-50/h1-34H. The summed E-state index contributed by atoms with van der Waals surface area (Å²) in [6.07, 6.45) is 0. The molecule has 0 nitrogen and oxygen atoms in total. The van der Waals surface area contributed by atoms with E-state index in [1.807, 2.05) is 11.3 Å². The quantitative estimate of drug-likeness (QED) is 0.122. The molecule has 0 unspecified atom stereocenters. The second-order valence-corrected chi connectivity index (χ2v) is 19.1. The van der Waals surface area contributed by atoms with Gasteiger partial charge < -0.3 is 0 Å². The molecule has 0 bridgehead atoms. The van der Waals surface area contributed by atoms with Gasteiger partial charge in [-0.1, -0.05) is 0 Å². The van der Waals surface area contributed by atoms with Crippen molar-refractivity contribution < 1.29 is 0 Å². The van der Waals surface area contributed by atoms with Gasteiger partial charge in [0.2, 0.25) is 0 Å². The second kappa shape index (κ2) is 13.4. The first-order chi connectivity index (χ1) is 29.8. The van der Waals surface area contributed by atoms with Gasteiger partial charge in [0.05, 0.1) is 0 Å². The van der Waals surface area contributed by atoms with Gasteiger partial charge in [-0.25, -0.2) is 0 Å². The fraction of sp³-hybridized carbons (Fsp3) is 0. The van der Waals surface area contributed by atoms with Gasteiger partial charge >= 0.3 is 359 Å². The predicted molar refractivity (Wildman–Crippen MR) is 263 cm³/mol. The fourth-order valence-corrected chi connectivity index (χ4v) is 14.0. The summed E-state index contributed by atoms with van der Waals surface area (Å²) in [6, 6.07) is 77.2. The summed E-state index contributed by atoms with van der Waals surface area (Å²) >= 11 is 2.00. The summed E-state index contributed by atoms with van der Waals surface area (Å²) in [6.45, 7) is 0. The Bertz CT molecular complexity index is 3770. The minimum absolute atomic E-state index is 0.106. The van der Waals surface area contributed by atoms with E-state index in [1.54, 1.807) is 0 Å². The van der Waals surface area contributed by atoms with Crippen LogP contribution in [0.3, 0.4) is 0 Å². The first-order valence-corrected chi connectivity index (χ1v) is 23.1. The molecule has 0 atom stereocenters. The maximum absolute atomic E-state index is 2.40. The van der Waals surface area contributed by atoms with Crippen LogP contribution in [-0.4, -0.2) is 14.5 Å². The molecule has 278 valence electrons. The molecule has 0 radical (unpaired) electrons. The van der Waals surface area contributed by atoms with E-state index < -0.39 is 0 Å². The third kappa shape index (κ3) is 4.90. The van der Waals surface area contributed by atoms with Crippen molar-refractivity contribution in [3.8, 4) is 44.5 Å². The van der Waals surface area contributed by atoms with Crippen LogP contribution in [0.25, 0.3) is 127 Å². The average Bonchev–Trinajstić information content (AvgIpc) is 3.90. The fourth-order valence-electron chi connectivity index (χ4n) is 10.3. The zero-order chi connectivity index (χ0) is 39.3. The molecule has 0 amide bonds. The van der Waals surface area contributed by atoms with Crippen LogP contribution in [0, 0.1) is 0 Å². The Balaban J connectivity index is 1.11. The van der Waals surface area contributed by atoms with Gasteiger partial charge in [0.15, 0.2) is 0 Å². The van der Waals surface area contributed by atoms with Gasteiger partial charge in [-0.15, -0.1) is 0 Å². The number of thiophene rings is 1. The normalized spacial score (nSPS) is 12.0. The van der Waals surface area contributed by atoms with Crippen LogP contribution in [0.2, 0.25) is 0 Å². The van der Waals surface area contributed by atoms with Gasteiger partial charge in [0, 0.05) is 0 Å². The molecular formula is C58H34SSe. The molecule has 0 spiro atoms. The summed E-state index contributed by atoms with van der Waals surface area (Å²) in [7, 11) is 0. The van der Waals surface area contributed by atoms with E-state index in [2.05, 4.69) is 206 Å². The monoisotopic (exact) mass is 842 g/mol. The van der Waals surface area contributed by atoms with Gasteiger partial charge in [-0.3, -0.25) is 0 Å². The van der Waals surface area contributed by atoms with Crippen molar-refractivity contribution in [3.63, 3.8) is 0 Å². The SMILES string of the molecule is c1ccc(-c2c3ccccc3c(-c3cccc4[se]c5c(-c6c7ccccc7c(-c7cccc8sc9ccccc9c78)c7ccccc67)cccc5c34)c3ccccc23)cc1. The van der Waals surface area contributed by atoms with Crippen molar-refractivity contribution in [3.05, 3.63) is 206 Å². The molecule has 2 heteroatoms. The van der Waals surface area contributed by atoms with E-state index in [9.17, 15) is 0 Å². The molecule has 2 heterocycles. The van der Waals surface area contributed by atoms with Crippen LogP contribution < -0.4 is 0 Å². The maximum atomic E-state index is 2.40. The van der Waals surface area contributed by atoms with E-state index in [-0.39, 0.29) is 14.5 Å². The summed E-state index contributed by atoms with van der Waals surface area (Å²) in [5.41, 5.74) is 10.5. The van der Waals surface area contributed by atoms with Crippen molar-refractivity contribution in [2.45, 2.75) is 0 Å². The number of fused-ring (bicyclic) bond motifs is 10. The molecule has 0 saturated carbocycles. The number of hydrogen-bond acceptors (Lipinski definition) is 1. The first kappa shape index (κ1) is 34.1. The van der Waals surface area contributed by atoms with Gasteiger partial charge in [-0.2, -0.15) is 0 Å². The predicted octanol–water partition coefficient (Wildman–Crippen LogP) is 16.7. The first-order valence-electron chi connectivity index (χ1n) is 20.6. The van der Waals surface area contributed by atoms with Gasteiger partial charge in [0.1, 0.15) is 0 Å². The molecule has 11 aromatic carbocycles. The Labute approximate surface area is 357 Å². The zero-order valence-electron chi connectivity index (χ0n) is 32.4. The van der Waals surface area contributed by atoms with Gasteiger partial charge in [0.25, 0.3) is 0 Å². The van der Waals surface area contributed by atoms with Crippen molar-refractivity contribution in [1.29, 1.82) is 0 Å². The van der Waals surface area contributed by atoms with Crippen molar-refractivity contribution >= 4 is 108 Å². The van der Waals surface area contributed by atoms with Crippen molar-refractivity contribution in [2.24, 2.45) is 0 Å². The summed E-state index contributed by atoms with van der Waals surface area (Å²) in [4.78, 5) is 0. The molecule has 13 aromatic rings. The second-order valence-electron chi connectivity index (χ2n) is 15.8. The molecule has 60 heavy (non-hydrogen) atoms. The molecule has 0 N–H and O–H groups in total. The molecule has 0 fully saturated rings. The van der Waals surface area contributed by atoms with Crippen LogP contribution in [-0.2, 0) is 0 Å². The molecule has 2 aromatic heterocycles. The molecule has 0 aliphatic carbocycles. The summed E-state index contributed by atoms with van der Waals surface area (Å²) in [5, 5.41) is 15.8. The zero-order valence-corrected chi connectivity index (χ0v) is 35.0. The van der Waals surface area contributed by atoms with Crippen LogP contribution in [0.5, 0.6) is 0 Å². The van der Waals surface area contributed by atoms with Crippen LogP contribution >= 0.6 is 11.3 Å². The third-order valence-electron chi connectivity index (χ3n) is 12.7. The number of hydrogen-bond donors (Lipinski definition) is 0. The van der Waals surface area contributed by atoms with Crippen LogP contribution in [0.1, 0.15) is 0 Å². The van der Waals surface area contributed by atoms with Crippen molar-refractivity contribution in [1.82, 2.24) is 0 Å². The van der Waals surface area contributed by atoms with Crippen LogP contribution in [0.4, 0.5) is 0 Å². The van der Waals surface area contributed by atoms with Crippen LogP contribution in [0.15, 0.2) is 206 Å². The molecule has 0 saturated heterocycles. The van der Waals surface area contributed by atoms with E-state index in [1.165, 1.54) is 127 Å². The Hall–Kier alpha value is -6.80. The van der Waals surface area contributed by atoms with E-state index >= 15 is 0 Å². The minimum atomic E-state index is 0.106. The molecule has 13 rings (SSSR count). The third-order valence-corrected chi connectivity index (χ3v) is 16.3. The number of benzene rings is 11. The summed E-state index contributed by atoms with van der Waals surface area (Å²) < 4.78 is 5.58. The Morgan fingerprint density at radius 3 is 1.25 bits per heavy atom. The average molecular weight is 842 g/mol. The topological polar surface area (TPSA) is 0 Å². The molecular weight excluding hydrogens is 808 g/mol. The van der Waals surface area contributed by atoms with Gasteiger partial charge in [-0.05, 0) is 0 Å². The molecule has 0 aliphatic rings. The Morgan fingerprint density at radius 1 is 0.267 bits per heavy atom.